The molecule has 0 spiro atoms. The summed E-state index contributed by atoms with van der Waals surface area (Å²) in [7, 11) is 1.36. The number of benzene rings is 1. The summed E-state index contributed by atoms with van der Waals surface area (Å²) in [6, 6.07) is 7.18. The molecule has 0 saturated heterocycles. The molecule has 0 amide bonds. The molecule has 0 saturated carbocycles. The third-order valence-electron chi connectivity index (χ3n) is 3.12. The van der Waals surface area contributed by atoms with Crippen LogP contribution in [0.1, 0.15) is 56.6 Å². The van der Waals surface area contributed by atoms with Gasteiger partial charge in [-0.15, -0.1) is 4.72 Å². The van der Waals surface area contributed by atoms with E-state index in [1.807, 2.05) is 32.9 Å². The molecule has 0 bridgehead atoms. The van der Waals surface area contributed by atoms with Gasteiger partial charge in [0.05, 0.1) is 18.7 Å². The Morgan fingerprint density at radius 1 is 1.33 bits per heavy atom. The van der Waals surface area contributed by atoms with Gasteiger partial charge in [0.25, 0.3) is 0 Å². The first-order chi connectivity index (χ1) is 9.66. The molecule has 5 heteroatoms. The number of carbonyl (C=O) groups excluding carboxylic acids is 1. The fourth-order valence-electron chi connectivity index (χ4n) is 1.86. The van der Waals surface area contributed by atoms with E-state index in [2.05, 4.69) is 18.6 Å². The van der Waals surface area contributed by atoms with E-state index in [9.17, 15) is 9.35 Å². The zero-order chi connectivity index (χ0) is 16.2. The van der Waals surface area contributed by atoms with Crippen LogP contribution in [-0.2, 0) is 16.1 Å². The van der Waals surface area contributed by atoms with E-state index in [1.54, 1.807) is 12.1 Å². The largest absolute Gasteiger partial charge is 0.598 e. The van der Waals surface area contributed by atoms with Crippen LogP contribution >= 0.6 is 0 Å². The van der Waals surface area contributed by atoms with Gasteiger partial charge in [-0.2, -0.15) is 0 Å². The molecule has 0 heterocycles. The molecule has 1 unspecified atom stereocenters. The summed E-state index contributed by atoms with van der Waals surface area (Å²) in [6.07, 6.45) is 0. The summed E-state index contributed by atoms with van der Waals surface area (Å²) in [5.74, 6) is -0.125. The van der Waals surface area contributed by atoms with E-state index in [0.29, 0.717) is 5.56 Å². The summed E-state index contributed by atoms with van der Waals surface area (Å²) in [6.45, 7) is 9.90. The van der Waals surface area contributed by atoms with Crippen LogP contribution in [-0.4, -0.2) is 22.4 Å². The highest BCUT2D eigenvalue weighted by atomic mass is 32.2. The van der Waals surface area contributed by atoms with Gasteiger partial charge in [0.15, 0.2) is 0 Å². The first kappa shape index (κ1) is 18.0. The quantitative estimate of drug-likeness (QED) is 0.670. The summed E-state index contributed by atoms with van der Waals surface area (Å²) in [4.78, 5) is 11.6. The summed E-state index contributed by atoms with van der Waals surface area (Å²) >= 11 is -1.17. The SMILES string of the molecule is COC(=O)c1cccc([C@@H](N[S+]([O-])C(C)(C)C)C(C)C)c1. The van der Waals surface area contributed by atoms with E-state index in [4.69, 9.17) is 4.74 Å². The predicted octanol–water partition coefficient (Wildman–Crippen LogP) is 3.22. The summed E-state index contributed by atoms with van der Waals surface area (Å²) < 4.78 is 19.9. The van der Waals surface area contributed by atoms with Crippen molar-refractivity contribution < 1.29 is 14.1 Å². The highest BCUT2D eigenvalue weighted by molar-refractivity contribution is 7.90. The van der Waals surface area contributed by atoms with Crippen molar-refractivity contribution >= 4 is 17.3 Å². The maximum Gasteiger partial charge on any atom is 0.337 e. The Kier molecular flexibility index (Phi) is 6.25. The van der Waals surface area contributed by atoms with Crippen molar-refractivity contribution in [3.8, 4) is 0 Å². The van der Waals surface area contributed by atoms with Crippen LogP contribution in [0.5, 0.6) is 0 Å². The Labute approximate surface area is 130 Å². The maximum atomic E-state index is 12.3. The van der Waals surface area contributed by atoms with Gasteiger partial charge in [-0.3, -0.25) is 0 Å². The van der Waals surface area contributed by atoms with Crippen LogP contribution in [0.2, 0.25) is 0 Å². The second-order valence-corrected chi connectivity index (χ2v) is 8.34. The molecule has 0 radical (unpaired) electrons. The average Bonchev–Trinajstić information content (AvgIpc) is 2.42. The average molecular weight is 311 g/mol. The topological polar surface area (TPSA) is 61.4 Å². The van der Waals surface area contributed by atoms with Crippen LogP contribution in [0, 0.1) is 5.92 Å². The van der Waals surface area contributed by atoms with Crippen LogP contribution in [0.25, 0.3) is 0 Å². The van der Waals surface area contributed by atoms with Crippen LogP contribution in [0.4, 0.5) is 0 Å². The molecule has 1 rings (SSSR count). The molecule has 1 N–H and O–H groups in total. The highest BCUT2D eigenvalue weighted by Gasteiger charge is 2.31. The van der Waals surface area contributed by atoms with Gasteiger partial charge in [0.2, 0.25) is 0 Å². The molecule has 0 fully saturated rings. The zero-order valence-corrected chi connectivity index (χ0v) is 14.4. The van der Waals surface area contributed by atoms with Crippen molar-refractivity contribution in [1.82, 2.24) is 4.72 Å². The number of nitrogens with one attached hydrogen (secondary N) is 1. The molecule has 1 aromatic carbocycles. The third kappa shape index (κ3) is 5.02. The van der Waals surface area contributed by atoms with E-state index in [1.165, 1.54) is 7.11 Å². The van der Waals surface area contributed by atoms with Crippen LogP contribution in [0.3, 0.4) is 0 Å². The van der Waals surface area contributed by atoms with Crippen molar-refractivity contribution in [2.24, 2.45) is 5.92 Å². The Morgan fingerprint density at radius 3 is 2.43 bits per heavy atom. The number of hydrogen-bond donors (Lipinski definition) is 1. The first-order valence-electron chi connectivity index (χ1n) is 7.03. The smallest absolute Gasteiger partial charge is 0.337 e. The van der Waals surface area contributed by atoms with Crippen LogP contribution in [0.15, 0.2) is 24.3 Å². The lowest BCUT2D eigenvalue weighted by Crippen LogP contribution is -2.42. The number of methoxy groups -OCH3 is 1. The lowest BCUT2D eigenvalue weighted by atomic mass is 9.96. The molecule has 1 aromatic rings. The Bertz CT molecular complexity index is 483. The van der Waals surface area contributed by atoms with Gasteiger partial charge in [-0.05, 0) is 44.4 Å². The van der Waals surface area contributed by atoms with Crippen molar-refractivity contribution in [2.75, 3.05) is 7.11 Å². The lowest BCUT2D eigenvalue weighted by Gasteiger charge is -2.30. The third-order valence-corrected chi connectivity index (χ3v) is 4.70. The lowest BCUT2D eigenvalue weighted by molar-refractivity contribution is 0.0600. The number of rotatable bonds is 5. The number of hydrogen-bond acceptors (Lipinski definition) is 4. The fraction of sp³-hybridized carbons (Fsp3) is 0.562. The van der Waals surface area contributed by atoms with Gasteiger partial charge in [0.1, 0.15) is 4.75 Å². The number of esters is 1. The minimum absolute atomic E-state index is 0.0883. The minimum atomic E-state index is -1.17. The van der Waals surface area contributed by atoms with Crippen molar-refractivity contribution in [3.05, 3.63) is 35.4 Å². The standard InChI is InChI=1S/C16H25NO3S/c1-11(2)14(17-21(19)16(3,4)5)12-8-7-9-13(10-12)15(18)20-6/h7-11,14,17H,1-6H3/t14-,21?/m0/s1. The summed E-state index contributed by atoms with van der Waals surface area (Å²) in [5.41, 5.74) is 1.44. The predicted molar refractivity (Wildman–Crippen MR) is 86.4 cm³/mol. The Hall–Kier alpha value is -1.04. The second-order valence-electron chi connectivity index (χ2n) is 6.34. The van der Waals surface area contributed by atoms with Gasteiger partial charge in [0, 0.05) is 11.4 Å². The molecule has 0 aliphatic heterocycles. The number of ether oxygens (including phenoxy) is 1. The normalized spacial score (nSPS) is 14.9. The Balaban J connectivity index is 3.04. The van der Waals surface area contributed by atoms with Crippen molar-refractivity contribution in [1.29, 1.82) is 0 Å². The molecule has 21 heavy (non-hydrogen) atoms. The molecule has 0 aliphatic rings. The monoisotopic (exact) mass is 311 g/mol. The molecule has 2 atom stereocenters. The van der Waals surface area contributed by atoms with E-state index in [-0.39, 0.29) is 22.7 Å². The first-order valence-corrected chi connectivity index (χ1v) is 8.18. The molecule has 0 aromatic heterocycles. The van der Waals surface area contributed by atoms with Gasteiger partial charge >= 0.3 is 5.97 Å². The summed E-state index contributed by atoms with van der Waals surface area (Å²) in [5, 5.41) is 0. The minimum Gasteiger partial charge on any atom is -0.598 e. The molecular formula is C16H25NO3S. The number of carbonyl (C=O) groups is 1. The van der Waals surface area contributed by atoms with Crippen molar-refractivity contribution in [3.63, 3.8) is 0 Å². The molecule has 118 valence electrons. The molecule has 4 nitrogen and oxygen atoms in total. The van der Waals surface area contributed by atoms with Crippen LogP contribution < -0.4 is 4.72 Å². The zero-order valence-electron chi connectivity index (χ0n) is 13.6. The maximum absolute atomic E-state index is 12.3. The van der Waals surface area contributed by atoms with Gasteiger partial charge < -0.3 is 9.29 Å². The van der Waals surface area contributed by atoms with E-state index < -0.39 is 11.4 Å². The van der Waals surface area contributed by atoms with E-state index >= 15 is 0 Å². The Morgan fingerprint density at radius 2 is 1.95 bits per heavy atom. The van der Waals surface area contributed by atoms with Gasteiger partial charge in [-0.25, -0.2) is 4.79 Å². The van der Waals surface area contributed by atoms with E-state index in [0.717, 1.165) is 5.56 Å². The second kappa shape index (κ2) is 7.29. The van der Waals surface area contributed by atoms with Crippen molar-refractivity contribution in [2.45, 2.75) is 45.4 Å². The highest BCUT2D eigenvalue weighted by Crippen LogP contribution is 2.26. The fourth-order valence-corrected chi connectivity index (χ4v) is 2.85. The molecule has 0 aliphatic carbocycles. The molecular weight excluding hydrogens is 286 g/mol. The van der Waals surface area contributed by atoms with Gasteiger partial charge in [-0.1, -0.05) is 26.0 Å².